The third kappa shape index (κ3) is 5.57. The van der Waals surface area contributed by atoms with E-state index in [-0.39, 0.29) is 11.7 Å². The van der Waals surface area contributed by atoms with E-state index in [2.05, 4.69) is 5.32 Å². The fraction of sp³-hybridized carbons (Fsp3) is 0.533. The summed E-state index contributed by atoms with van der Waals surface area (Å²) in [6.07, 6.45) is 1.10. The first-order chi connectivity index (χ1) is 9.54. The minimum absolute atomic E-state index is 0.0839. The van der Waals surface area contributed by atoms with Gasteiger partial charge in [-0.25, -0.2) is 4.39 Å². The van der Waals surface area contributed by atoms with Gasteiger partial charge in [-0.3, -0.25) is 4.79 Å². The van der Waals surface area contributed by atoms with Crippen LogP contribution in [0.3, 0.4) is 0 Å². The van der Waals surface area contributed by atoms with Crippen molar-refractivity contribution in [3.8, 4) is 5.75 Å². The summed E-state index contributed by atoms with van der Waals surface area (Å²) in [5, 5.41) is 3.15. The number of hydrogen-bond acceptors (Lipinski definition) is 3. The monoisotopic (exact) mass is 282 g/mol. The van der Waals surface area contributed by atoms with Crippen molar-refractivity contribution >= 4 is 5.91 Å². The molecule has 0 saturated carbocycles. The number of rotatable bonds is 8. The van der Waals surface area contributed by atoms with Crippen LogP contribution < -0.4 is 10.1 Å². The van der Waals surface area contributed by atoms with Crippen LogP contribution >= 0.6 is 0 Å². The van der Waals surface area contributed by atoms with Gasteiger partial charge in [0.1, 0.15) is 11.6 Å². The van der Waals surface area contributed by atoms with Crippen molar-refractivity contribution < 1.29 is 13.9 Å². The minimum atomic E-state index is -0.270. The highest BCUT2D eigenvalue weighted by atomic mass is 19.1. The van der Waals surface area contributed by atoms with Gasteiger partial charge in [0.15, 0.2) is 0 Å². The van der Waals surface area contributed by atoms with E-state index in [0.717, 1.165) is 12.1 Å². The molecule has 0 aliphatic carbocycles. The SMILES string of the molecule is CCNCc1cc(F)ccc1OCCCC(=O)N(C)C. The number of nitrogens with one attached hydrogen (secondary N) is 1. The molecule has 0 atom stereocenters. The zero-order chi connectivity index (χ0) is 15.0. The largest absolute Gasteiger partial charge is 0.493 e. The third-order valence-corrected chi connectivity index (χ3v) is 2.88. The van der Waals surface area contributed by atoms with Gasteiger partial charge in [-0.1, -0.05) is 6.92 Å². The van der Waals surface area contributed by atoms with Gasteiger partial charge in [0, 0.05) is 32.6 Å². The molecule has 1 aromatic carbocycles. The van der Waals surface area contributed by atoms with Crippen LogP contribution in [0.15, 0.2) is 18.2 Å². The van der Waals surface area contributed by atoms with Crippen LogP contribution in [-0.4, -0.2) is 38.1 Å². The number of benzene rings is 1. The fourth-order valence-electron chi connectivity index (χ4n) is 1.72. The van der Waals surface area contributed by atoms with E-state index in [1.807, 2.05) is 6.92 Å². The molecule has 0 aromatic heterocycles. The molecule has 112 valence electrons. The number of halogens is 1. The quantitative estimate of drug-likeness (QED) is 0.743. The molecule has 5 heteroatoms. The van der Waals surface area contributed by atoms with Crippen molar-refractivity contribution in [3.63, 3.8) is 0 Å². The summed E-state index contributed by atoms with van der Waals surface area (Å²) in [5.41, 5.74) is 0.797. The molecule has 0 heterocycles. The number of ether oxygens (including phenoxy) is 1. The van der Waals surface area contributed by atoms with E-state index in [1.165, 1.54) is 12.1 Å². The van der Waals surface area contributed by atoms with Gasteiger partial charge < -0.3 is 15.0 Å². The molecule has 4 nitrogen and oxygen atoms in total. The second-order valence-electron chi connectivity index (χ2n) is 4.77. The molecular weight excluding hydrogens is 259 g/mol. The Labute approximate surface area is 119 Å². The summed E-state index contributed by atoms with van der Waals surface area (Å²) in [4.78, 5) is 13.0. The van der Waals surface area contributed by atoms with Crippen LogP contribution in [0.25, 0.3) is 0 Å². The van der Waals surface area contributed by atoms with Crippen molar-refractivity contribution in [2.45, 2.75) is 26.3 Å². The number of carbonyl (C=O) groups is 1. The molecule has 0 unspecified atom stereocenters. The Hall–Kier alpha value is -1.62. The van der Waals surface area contributed by atoms with Crippen molar-refractivity contribution in [2.75, 3.05) is 27.2 Å². The standard InChI is InChI=1S/C15H23FN2O2/c1-4-17-11-12-10-13(16)7-8-14(12)20-9-5-6-15(19)18(2)3/h7-8,10,17H,4-6,9,11H2,1-3H3. The Morgan fingerprint density at radius 2 is 2.15 bits per heavy atom. The maximum Gasteiger partial charge on any atom is 0.222 e. The van der Waals surface area contributed by atoms with E-state index in [0.29, 0.717) is 31.7 Å². The van der Waals surface area contributed by atoms with Gasteiger partial charge in [0.05, 0.1) is 6.61 Å². The zero-order valence-electron chi connectivity index (χ0n) is 12.4. The van der Waals surface area contributed by atoms with Crippen LogP contribution in [0.5, 0.6) is 5.75 Å². The molecule has 20 heavy (non-hydrogen) atoms. The molecule has 0 bridgehead atoms. The first kappa shape index (κ1) is 16.4. The second-order valence-corrected chi connectivity index (χ2v) is 4.77. The Kier molecular flexibility index (Phi) is 7.01. The van der Waals surface area contributed by atoms with E-state index in [9.17, 15) is 9.18 Å². The summed E-state index contributed by atoms with van der Waals surface area (Å²) >= 11 is 0. The van der Waals surface area contributed by atoms with E-state index in [4.69, 9.17) is 4.74 Å². The molecular formula is C15H23FN2O2. The van der Waals surface area contributed by atoms with Crippen molar-refractivity contribution in [1.29, 1.82) is 0 Å². The molecule has 1 N–H and O–H groups in total. The summed E-state index contributed by atoms with van der Waals surface area (Å²) in [6.45, 7) is 3.82. The normalized spacial score (nSPS) is 10.4. The Morgan fingerprint density at radius 1 is 1.40 bits per heavy atom. The smallest absolute Gasteiger partial charge is 0.222 e. The average Bonchev–Trinajstić information content (AvgIpc) is 2.42. The van der Waals surface area contributed by atoms with Gasteiger partial charge in [0.2, 0.25) is 5.91 Å². The van der Waals surface area contributed by atoms with Gasteiger partial charge in [-0.15, -0.1) is 0 Å². The Bertz CT molecular complexity index is 436. The molecule has 0 radical (unpaired) electrons. The van der Waals surface area contributed by atoms with Gasteiger partial charge in [-0.2, -0.15) is 0 Å². The lowest BCUT2D eigenvalue weighted by Crippen LogP contribution is -2.21. The summed E-state index contributed by atoms with van der Waals surface area (Å²) in [7, 11) is 3.47. The maximum atomic E-state index is 13.2. The summed E-state index contributed by atoms with van der Waals surface area (Å²) in [5.74, 6) is 0.485. The Morgan fingerprint density at radius 3 is 2.80 bits per heavy atom. The third-order valence-electron chi connectivity index (χ3n) is 2.88. The van der Waals surface area contributed by atoms with Gasteiger partial charge >= 0.3 is 0 Å². The second kappa shape index (κ2) is 8.53. The molecule has 0 aliphatic rings. The Balaban J connectivity index is 2.48. The topological polar surface area (TPSA) is 41.6 Å². The van der Waals surface area contributed by atoms with Gasteiger partial charge in [-0.05, 0) is 31.2 Å². The highest BCUT2D eigenvalue weighted by Gasteiger charge is 2.07. The molecule has 1 aromatic rings. The number of amides is 1. The van der Waals surface area contributed by atoms with Crippen molar-refractivity contribution in [2.24, 2.45) is 0 Å². The van der Waals surface area contributed by atoms with Crippen molar-refractivity contribution in [3.05, 3.63) is 29.6 Å². The average molecular weight is 282 g/mol. The van der Waals surface area contributed by atoms with E-state index in [1.54, 1.807) is 25.1 Å². The summed E-state index contributed by atoms with van der Waals surface area (Å²) in [6, 6.07) is 4.49. The highest BCUT2D eigenvalue weighted by Crippen LogP contribution is 2.20. The first-order valence-corrected chi connectivity index (χ1v) is 6.86. The number of hydrogen-bond donors (Lipinski definition) is 1. The van der Waals surface area contributed by atoms with Crippen LogP contribution in [0.2, 0.25) is 0 Å². The number of carbonyl (C=O) groups excluding carboxylic acids is 1. The van der Waals surface area contributed by atoms with Crippen LogP contribution in [0, 0.1) is 5.82 Å². The summed E-state index contributed by atoms with van der Waals surface area (Å²) < 4.78 is 18.9. The van der Waals surface area contributed by atoms with E-state index < -0.39 is 0 Å². The highest BCUT2D eigenvalue weighted by molar-refractivity contribution is 5.75. The lowest BCUT2D eigenvalue weighted by atomic mass is 10.2. The molecule has 1 amide bonds. The van der Waals surface area contributed by atoms with Crippen molar-refractivity contribution in [1.82, 2.24) is 10.2 Å². The van der Waals surface area contributed by atoms with E-state index >= 15 is 0 Å². The van der Waals surface area contributed by atoms with Crippen LogP contribution in [0.4, 0.5) is 4.39 Å². The first-order valence-electron chi connectivity index (χ1n) is 6.86. The number of nitrogens with zero attached hydrogens (tertiary/aromatic N) is 1. The van der Waals surface area contributed by atoms with Crippen LogP contribution in [-0.2, 0) is 11.3 Å². The predicted molar refractivity (Wildman–Crippen MR) is 77.2 cm³/mol. The lowest BCUT2D eigenvalue weighted by molar-refractivity contribution is -0.128. The maximum absolute atomic E-state index is 13.2. The molecule has 0 spiro atoms. The van der Waals surface area contributed by atoms with Crippen LogP contribution in [0.1, 0.15) is 25.3 Å². The minimum Gasteiger partial charge on any atom is -0.493 e. The molecule has 0 saturated heterocycles. The lowest BCUT2D eigenvalue weighted by Gasteiger charge is -2.13. The molecule has 0 fully saturated rings. The fourth-order valence-corrected chi connectivity index (χ4v) is 1.72. The molecule has 1 rings (SSSR count). The predicted octanol–water partition coefficient (Wildman–Crippen LogP) is 2.18. The van der Waals surface area contributed by atoms with Gasteiger partial charge in [0.25, 0.3) is 0 Å². The zero-order valence-corrected chi connectivity index (χ0v) is 12.4. The molecule has 0 aliphatic heterocycles.